The van der Waals surface area contributed by atoms with E-state index >= 15 is 0 Å². The Hall–Kier alpha value is -1.41. The number of hydrogen-bond acceptors (Lipinski definition) is 4. The third-order valence-corrected chi connectivity index (χ3v) is 4.14. The summed E-state index contributed by atoms with van der Waals surface area (Å²) in [4.78, 5) is 4.75. The number of aliphatic hydroxyl groups excluding tert-OH is 1. The second-order valence-electron chi connectivity index (χ2n) is 5.33. The maximum atomic E-state index is 9.36. The van der Waals surface area contributed by atoms with Gasteiger partial charge in [-0.15, -0.1) is 0 Å². The predicted molar refractivity (Wildman–Crippen MR) is 79.2 cm³/mol. The van der Waals surface area contributed by atoms with Gasteiger partial charge in [-0.05, 0) is 18.1 Å². The van der Waals surface area contributed by atoms with Gasteiger partial charge in [-0.1, -0.05) is 25.1 Å². The zero-order chi connectivity index (χ0) is 14.4. The molecule has 4 heteroatoms. The fraction of sp³-hybridized carbons (Fsp3) is 0.562. The van der Waals surface area contributed by atoms with Crippen LogP contribution in [0.2, 0.25) is 0 Å². The van der Waals surface area contributed by atoms with Gasteiger partial charge >= 0.3 is 0 Å². The summed E-state index contributed by atoms with van der Waals surface area (Å²) >= 11 is 0. The zero-order valence-corrected chi connectivity index (χ0v) is 12.1. The van der Waals surface area contributed by atoms with Gasteiger partial charge in [-0.2, -0.15) is 5.26 Å². The molecule has 1 N–H and O–H groups in total. The van der Waals surface area contributed by atoms with E-state index in [0.717, 1.165) is 50.3 Å². The van der Waals surface area contributed by atoms with Crippen LogP contribution in [0.3, 0.4) is 0 Å². The molecule has 2 rings (SSSR count). The molecule has 1 aliphatic heterocycles. The number of aliphatic hydroxyl groups is 1. The van der Waals surface area contributed by atoms with E-state index in [1.54, 1.807) is 0 Å². The van der Waals surface area contributed by atoms with E-state index < -0.39 is 0 Å². The highest BCUT2D eigenvalue weighted by atomic mass is 16.3. The average molecular weight is 273 g/mol. The molecule has 1 aliphatic rings. The normalized spacial score (nSPS) is 18.6. The van der Waals surface area contributed by atoms with Crippen molar-refractivity contribution >= 4 is 0 Å². The molecule has 0 bridgehead atoms. The molecule has 0 spiro atoms. The number of rotatable bonds is 5. The first-order valence-electron chi connectivity index (χ1n) is 7.33. The van der Waals surface area contributed by atoms with Gasteiger partial charge in [0.2, 0.25) is 0 Å². The van der Waals surface area contributed by atoms with E-state index in [9.17, 15) is 5.11 Å². The van der Waals surface area contributed by atoms with Gasteiger partial charge in [-0.25, -0.2) is 0 Å². The lowest BCUT2D eigenvalue weighted by Crippen LogP contribution is -2.50. The highest BCUT2D eigenvalue weighted by Crippen LogP contribution is 2.14. The monoisotopic (exact) mass is 273 g/mol. The van der Waals surface area contributed by atoms with Crippen molar-refractivity contribution in [3.8, 4) is 6.07 Å². The number of piperazine rings is 1. The van der Waals surface area contributed by atoms with Crippen molar-refractivity contribution in [1.29, 1.82) is 5.26 Å². The lowest BCUT2D eigenvalue weighted by atomic mass is 10.1. The molecule has 0 amide bonds. The third-order valence-electron chi connectivity index (χ3n) is 4.14. The molecule has 108 valence electrons. The van der Waals surface area contributed by atoms with Crippen LogP contribution in [0, 0.1) is 11.3 Å². The molecular formula is C16H23N3O. The van der Waals surface area contributed by atoms with Crippen molar-refractivity contribution in [2.75, 3.05) is 32.8 Å². The van der Waals surface area contributed by atoms with Gasteiger partial charge in [0.1, 0.15) is 0 Å². The topological polar surface area (TPSA) is 50.5 Å². The van der Waals surface area contributed by atoms with Gasteiger partial charge < -0.3 is 5.11 Å². The SMILES string of the molecule is CCC(CO)N1CCN(Cc2ccccc2C#N)CC1. The second-order valence-corrected chi connectivity index (χ2v) is 5.33. The molecule has 1 heterocycles. The summed E-state index contributed by atoms with van der Waals surface area (Å²) < 4.78 is 0. The summed E-state index contributed by atoms with van der Waals surface area (Å²) in [6.45, 7) is 7.19. The molecule has 1 unspecified atom stereocenters. The Balaban J connectivity index is 1.90. The van der Waals surface area contributed by atoms with Gasteiger partial charge in [-0.3, -0.25) is 9.80 Å². The second kappa shape index (κ2) is 7.39. The van der Waals surface area contributed by atoms with Crippen molar-refractivity contribution < 1.29 is 5.11 Å². The van der Waals surface area contributed by atoms with Crippen molar-refractivity contribution in [2.24, 2.45) is 0 Å². The molecule has 0 radical (unpaired) electrons. The summed E-state index contributed by atoms with van der Waals surface area (Å²) in [5.74, 6) is 0. The molecular weight excluding hydrogens is 250 g/mol. The molecule has 0 saturated carbocycles. The Morgan fingerprint density at radius 3 is 2.55 bits per heavy atom. The minimum absolute atomic E-state index is 0.244. The molecule has 1 saturated heterocycles. The van der Waals surface area contributed by atoms with Gasteiger partial charge in [0.15, 0.2) is 0 Å². The van der Waals surface area contributed by atoms with E-state index in [0.29, 0.717) is 6.04 Å². The van der Waals surface area contributed by atoms with Crippen LogP contribution < -0.4 is 0 Å². The lowest BCUT2D eigenvalue weighted by molar-refractivity contribution is 0.0608. The lowest BCUT2D eigenvalue weighted by Gasteiger charge is -2.38. The summed E-state index contributed by atoms with van der Waals surface area (Å²) in [5, 5.41) is 18.5. The Bertz CT molecular complexity index is 457. The van der Waals surface area contributed by atoms with Crippen molar-refractivity contribution in [1.82, 2.24) is 9.80 Å². The number of nitrogens with zero attached hydrogens (tertiary/aromatic N) is 3. The minimum Gasteiger partial charge on any atom is -0.395 e. The van der Waals surface area contributed by atoms with Crippen LogP contribution >= 0.6 is 0 Å². The van der Waals surface area contributed by atoms with Crippen LogP contribution in [0.5, 0.6) is 0 Å². The fourth-order valence-corrected chi connectivity index (χ4v) is 2.80. The largest absolute Gasteiger partial charge is 0.395 e. The Kier molecular flexibility index (Phi) is 5.54. The van der Waals surface area contributed by atoms with Crippen LogP contribution in [0.4, 0.5) is 0 Å². The van der Waals surface area contributed by atoms with Crippen LogP contribution in [-0.4, -0.2) is 53.7 Å². The Morgan fingerprint density at radius 2 is 1.95 bits per heavy atom. The molecule has 20 heavy (non-hydrogen) atoms. The molecule has 1 atom stereocenters. The Labute approximate surface area is 121 Å². The van der Waals surface area contributed by atoms with E-state index in [1.807, 2.05) is 24.3 Å². The number of hydrogen-bond donors (Lipinski definition) is 1. The van der Waals surface area contributed by atoms with E-state index in [2.05, 4.69) is 22.8 Å². The van der Waals surface area contributed by atoms with Crippen molar-refractivity contribution in [3.63, 3.8) is 0 Å². The Morgan fingerprint density at radius 1 is 1.25 bits per heavy atom. The summed E-state index contributed by atoms with van der Waals surface area (Å²) in [7, 11) is 0. The van der Waals surface area contributed by atoms with Crippen LogP contribution in [0.1, 0.15) is 24.5 Å². The molecule has 1 aromatic carbocycles. The van der Waals surface area contributed by atoms with Crippen molar-refractivity contribution in [2.45, 2.75) is 25.9 Å². The van der Waals surface area contributed by atoms with Gasteiger partial charge in [0.05, 0.1) is 18.2 Å². The third kappa shape index (κ3) is 3.57. The molecule has 1 aromatic rings. The standard InChI is InChI=1S/C16H23N3O/c1-2-16(13-20)19-9-7-18(8-10-19)12-15-6-4-3-5-14(15)11-17/h3-6,16,20H,2,7-10,12-13H2,1H3. The average Bonchev–Trinajstić information content (AvgIpc) is 2.51. The highest BCUT2D eigenvalue weighted by Gasteiger charge is 2.22. The number of benzene rings is 1. The van der Waals surface area contributed by atoms with Crippen LogP contribution in [0.15, 0.2) is 24.3 Å². The maximum absolute atomic E-state index is 9.36. The van der Waals surface area contributed by atoms with E-state index in [1.165, 1.54) is 0 Å². The van der Waals surface area contributed by atoms with Crippen molar-refractivity contribution in [3.05, 3.63) is 35.4 Å². The summed E-state index contributed by atoms with van der Waals surface area (Å²) in [5.41, 5.74) is 1.88. The zero-order valence-electron chi connectivity index (χ0n) is 12.1. The number of nitriles is 1. The summed E-state index contributed by atoms with van der Waals surface area (Å²) in [6.07, 6.45) is 0.994. The highest BCUT2D eigenvalue weighted by molar-refractivity contribution is 5.37. The molecule has 4 nitrogen and oxygen atoms in total. The molecule has 0 aromatic heterocycles. The minimum atomic E-state index is 0.244. The summed E-state index contributed by atoms with van der Waals surface area (Å²) in [6, 6.07) is 10.4. The first kappa shape index (κ1) is 15.0. The van der Waals surface area contributed by atoms with E-state index in [-0.39, 0.29) is 6.61 Å². The van der Waals surface area contributed by atoms with Crippen LogP contribution in [0.25, 0.3) is 0 Å². The fourth-order valence-electron chi connectivity index (χ4n) is 2.80. The van der Waals surface area contributed by atoms with E-state index in [4.69, 9.17) is 5.26 Å². The van der Waals surface area contributed by atoms with Crippen LogP contribution in [-0.2, 0) is 6.54 Å². The quantitative estimate of drug-likeness (QED) is 0.882. The van der Waals surface area contributed by atoms with Gasteiger partial charge in [0.25, 0.3) is 0 Å². The predicted octanol–water partition coefficient (Wildman–Crippen LogP) is 1.45. The molecule has 1 fully saturated rings. The molecule has 0 aliphatic carbocycles. The first-order valence-corrected chi connectivity index (χ1v) is 7.33. The maximum Gasteiger partial charge on any atom is 0.0995 e. The van der Waals surface area contributed by atoms with Gasteiger partial charge in [0, 0.05) is 38.8 Å². The first-order chi connectivity index (χ1) is 9.78. The smallest absolute Gasteiger partial charge is 0.0995 e.